The van der Waals surface area contributed by atoms with E-state index in [1.807, 2.05) is 0 Å². The number of benzene rings is 1. The smallest absolute Gasteiger partial charge is 0.147 e. The lowest BCUT2D eigenvalue weighted by Crippen LogP contribution is -1.90. The van der Waals surface area contributed by atoms with Crippen molar-refractivity contribution in [1.82, 2.24) is 4.98 Å². The van der Waals surface area contributed by atoms with Crippen LogP contribution in [-0.2, 0) is 6.42 Å². The number of halogens is 2. The molecule has 0 amide bonds. The van der Waals surface area contributed by atoms with Crippen LogP contribution in [-0.4, -0.2) is 16.7 Å². The van der Waals surface area contributed by atoms with E-state index < -0.39 is 11.6 Å². The number of aromatic amines is 1. The van der Waals surface area contributed by atoms with Crippen molar-refractivity contribution < 1.29 is 13.9 Å². The minimum Gasteiger partial charge on any atom is -0.396 e. The molecule has 0 fully saturated rings. The van der Waals surface area contributed by atoms with Gasteiger partial charge >= 0.3 is 0 Å². The fourth-order valence-corrected chi connectivity index (χ4v) is 1.56. The minimum absolute atomic E-state index is 0.0804. The van der Waals surface area contributed by atoms with Crippen molar-refractivity contribution in [3.63, 3.8) is 0 Å². The Kier molecular flexibility index (Phi) is 2.21. The normalized spacial score (nSPS) is 11.1. The molecule has 0 aliphatic heterocycles. The summed E-state index contributed by atoms with van der Waals surface area (Å²) in [4.78, 5) is 2.66. The van der Waals surface area contributed by atoms with E-state index in [0.29, 0.717) is 12.0 Å². The average molecular weight is 197 g/mol. The first-order valence-electron chi connectivity index (χ1n) is 4.29. The largest absolute Gasteiger partial charge is 0.396 e. The van der Waals surface area contributed by atoms with Crippen LogP contribution in [0.25, 0.3) is 10.9 Å². The Labute approximate surface area is 79.2 Å². The summed E-state index contributed by atoms with van der Waals surface area (Å²) in [7, 11) is 0. The minimum atomic E-state index is -0.481. The molecule has 2 nitrogen and oxygen atoms in total. The number of hydrogen-bond acceptors (Lipinski definition) is 1. The molecule has 2 rings (SSSR count). The van der Waals surface area contributed by atoms with E-state index in [-0.39, 0.29) is 17.5 Å². The second-order valence-corrected chi connectivity index (χ2v) is 3.07. The first-order chi connectivity index (χ1) is 6.74. The third kappa shape index (κ3) is 1.28. The van der Waals surface area contributed by atoms with Crippen molar-refractivity contribution in [3.05, 3.63) is 35.5 Å². The predicted octanol–water partition coefficient (Wildman–Crippen LogP) is 1.98. The van der Waals surface area contributed by atoms with Crippen molar-refractivity contribution in [2.75, 3.05) is 6.61 Å². The summed E-state index contributed by atoms with van der Waals surface area (Å²) in [5.74, 6) is -0.948. The van der Waals surface area contributed by atoms with Gasteiger partial charge in [0, 0.05) is 18.2 Å². The maximum atomic E-state index is 13.3. The molecule has 4 heteroatoms. The highest BCUT2D eigenvalue weighted by molar-refractivity contribution is 5.84. The van der Waals surface area contributed by atoms with Crippen molar-refractivity contribution in [2.24, 2.45) is 0 Å². The Morgan fingerprint density at radius 1 is 1.21 bits per heavy atom. The van der Waals surface area contributed by atoms with Gasteiger partial charge in [0.25, 0.3) is 0 Å². The first-order valence-corrected chi connectivity index (χ1v) is 4.29. The zero-order chi connectivity index (χ0) is 10.1. The van der Waals surface area contributed by atoms with Crippen LogP contribution in [0.15, 0.2) is 18.3 Å². The summed E-state index contributed by atoms with van der Waals surface area (Å²) >= 11 is 0. The van der Waals surface area contributed by atoms with Gasteiger partial charge in [0.15, 0.2) is 0 Å². The molecule has 0 saturated carbocycles. The molecule has 1 heterocycles. The molecule has 2 N–H and O–H groups in total. The fraction of sp³-hybridized carbons (Fsp3) is 0.200. The summed E-state index contributed by atoms with van der Waals surface area (Å²) < 4.78 is 26.5. The Bertz CT molecular complexity index is 464. The summed E-state index contributed by atoms with van der Waals surface area (Å²) in [5, 5.41) is 8.96. The van der Waals surface area contributed by atoms with E-state index >= 15 is 0 Å². The van der Waals surface area contributed by atoms with Crippen LogP contribution >= 0.6 is 0 Å². The molecule has 2 aromatic rings. The Balaban J connectivity index is 2.70. The molecule has 0 aliphatic rings. The van der Waals surface area contributed by atoms with Crippen LogP contribution in [0.4, 0.5) is 8.78 Å². The second-order valence-electron chi connectivity index (χ2n) is 3.07. The molecule has 1 aromatic heterocycles. The number of H-pyrrole nitrogens is 1. The highest BCUT2D eigenvalue weighted by Gasteiger charge is 2.11. The van der Waals surface area contributed by atoms with Crippen LogP contribution in [0.2, 0.25) is 0 Å². The second kappa shape index (κ2) is 3.38. The van der Waals surface area contributed by atoms with Crippen LogP contribution in [0, 0.1) is 11.6 Å². The molecule has 0 atom stereocenters. The lowest BCUT2D eigenvalue weighted by atomic mass is 10.1. The summed E-state index contributed by atoms with van der Waals surface area (Å²) in [5.41, 5.74) is 0.757. The van der Waals surface area contributed by atoms with Crippen LogP contribution in [0.3, 0.4) is 0 Å². The Hall–Kier alpha value is -1.42. The molecule has 0 saturated heterocycles. The van der Waals surface area contributed by atoms with Gasteiger partial charge in [0.1, 0.15) is 11.6 Å². The lowest BCUT2D eigenvalue weighted by Gasteiger charge is -1.97. The van der Waals surface area contributed by atoms with Crippen LogP contribution in [0.1, 0.15) is 5.56 Å². The van der Waals surface area contributed by atoms with Crippen molar-refractivity contribution in [1.29, 1.82) is 0 Å². The van der Waals surface area contributed by atoms with E-state index in [0.717, 1.165) is 12.1 Å². The third-order valence-electron chi connectivity index (χ3n) is 2.20. The summed E-state index contributed by atoms with van der Waals surface area (Å²) in [6.45, 7) is -0.0804. The number of rotatable bonds is 2. The first kappa shape index (κ1) is 9.15. The molecule has 0 unspecified atom stereocenters. The molecule has 74 valence electrons. The summed E-state index contributed by atoms with van der Waals surface area (Å²) in [6, 6.07) is 2.17. The number of nitrogens with one attached hydrogen (secondary N) is 1. The van der Waals surface area contributed by atoms with E-state index in [1.54, 1.807) is 0 Å². The molecule has 14 heavy (non-hydrogen) atoms. The number of aliphatic hydroxyl groups is 1. The Morgan fingerprint density at radius 2 is 1.93 bits per heavy atom. The van der Waals surface area contributed by atoms with Crippen molar-refractivity contribution in [2.45, 2.75) is 6.42 Å². The topological polar surface area (TPSA) is 36.0 Å². The maximum absolute atomic E-state index is 13.3. The third-order valence-corrected chi connectivity index (χ3v) is 2.20. The van der Waals surface area contributed by atoms with Gasteiger partial charge in [0.05, 0.1) is 5.52 Å². The van der Waals surface area contributed by atoms with E-state index in [2.05, 4.69) is 4.98 Å². The predicted molar refractivity (Wildman–Crippen MR) is 49.0 cm³/mol. The van der Waals surface area contributed by atoms with Crippen LogP contribution in [0.5, 0.6) is 0 Å². The van der Waals surface area contributed by atoms with E-state index in [4.69, 9.17) is 5.11 Å². The molecule has 0 spiro atoms. The highest BCUT2D eigenvalue weighted by Crippen LogP contribution is 2.24. The van der Waals surface area contributed by atoms with Gasteiger partial charge in [-0.2, -0.15) is 0 Å². The molecule has 0 bridgehead atoms. The number of hydrogen-bond donors (Lipinski definition) is 2. The average Bonchev–Trinajstić information content (AvgIpc) is 2.58. The van der Waals surface area contributed by atoms with Gasteiger partial charge in [-0.05, 0) is 24.1 Å². The number of fused-ring (bicyclic) bond motifs is 1. The van der Waals surface area contributed by atoms with Crippen LogP contribution < -0.4 is 0 Å². The van der Waals surface area contributed by atoms with Gasteiger partial charge in [-0.3, -0.25) is 0 Å². The molecular weight excluding hydrogens is 188 g/mol. The SMILES string of the molecule is OCCc1c[nH]c2c(F)ccc(F)c12. The monoisotopic (exact) mass is 197 g/mol. The zero-order valence-electron chi connectivity index (χ0n) is 7.35. The standard InChI is InChI=1S/C10H9F2NO/c11-7-1-2-8(12)10-9(7)6(3-4-14)5-13-10/h1-2,5,13-14H,3-4H2. The molecule has 1 aromatic carbocycles. The van der Waals surface area contributed by atoms with E-state index in [9.17, 15) is 8.78 Å². The number of aliphatic hydroxyl groups excluding tert-OH is 1. The maximum Gasteiger partial charge on any atom is 0.147 e. The van der Waals surface area contributed by atoms with Gasteiger partial charge in [-0.15, -0.1) is 0 Å². The molecule has 0 radical (unpaired) electrons. The van der Waals surface area contributed by atoms with Gasteiger partial charge in [-0.1, -0.05) is 0 Å². The fourth-order valence-electron chi connectivity index (χ4n) is 1.56. The summed E-state index contributed by atoms with van der Waals surface area (Å²) in [6.07, 6.45) is 1.84. The van der Waals surface area contributed by atoms with Crippen molar-refractivity contribution in [3.8, 4) is 0 Å². The molecule has 0 aliphatic carbocycles. The zero-order valence-corrected chi connectivity index (χ0v) is 7.35. The molecular formula is C10H9F2NO. The van der Waals surface area contributed by atoms with Crippen molar-refractivity contribution >= 4 is 10.9 Å². The lowest BCUT2D eigenvalue weighted by molar-refractivity contribution is 0.300. The quantitative estimate of drug-likeness (QED) is 0.758. The highest BCUT2D eigenvalue weighted by atomic mass is 19.1. The van der Waals surface area contributed by atoms with Gasteiger partial charge in [0.2, 0.25) is 0 Å². The van der Waals surface area contributed by atoms with E-state index in [1.165, 1.54) is 6.20 Å². The number of aromatic nitrogens is 1. The van der Waals surface area contributed by atoms with Gasteiger partial charge in [-0.25, -0.2) is 8.78 Å². The van der Waals surface area contributed by atoms with Gasteiger partial charge < -0.3 is 10.1 Å². The Morgan fingerprint density at radius 3 is 2.64 bits per heavy atom.